The number of hydrogen-bond donors (Lipinski definition) is 1. The van der Waals surface area contributed by atoms with Crippen LogP contribution in [0.15, 0.2) is 52.7 Å². The Morgan fingerprint density at radius 3 is 2.54 bits per heavy atom. The second-order valence-corrected chi connectivity index (χ2v) is 8.23. The molecule has 0 bridgehead atoms. The van der Waals surface area contributed by atoms with E-state index in [0.29, 0.717) is 17.6 Å². The number of aromatic hydroxyl groups is 1. The Labute approximate surface area is 158 Å². The lowest BCUT2D eigenvalue weighted by Gasteiger charge is -2.27. The van der Waals surface area contributed by atoms with Crippen LogP contribution in [0.25, 0.3) is 10.9 Å². The highest BCUT2D eigenvalue weighted by molar-refractivity contribution is 8.00. The van der Waals surface area contributed by atoms with Gasteiger partial charge in [0.15, 0.2) is 5.69 Å². The van der Waals surface area contributed by atoms with E-state index in [0.717, 1.165) is 33.7 Å². The lowest BCUT2D eigenvalue weighted by atomic mass is 10.0. The summed E-state index contributed by atoms with van der Waals surface area (Å²) in [6.07, 6.45) is 0. The molecule has 0 atom stereocenters. The third kappa shape index (κ3) is 2.90. The van der Waals surface area contributed by atoms with Gasteiger partial charge in [-0.2, -0.15) is 16.9 Å². The van der Waals surface area contributed by atoms with Crippen LogP contribution in [0.1, 0.15) is 36.9 Å². The molecule has 0 saturated carbocycles. The van der Waals surface area contributed by atoms with Gasteiger partial charge in [0.05, 0.1) is 17.2 Å². The van der Waals surface area contributed by atoms with Gasteiger partial charge < -0.3 is 9.67 Å². The normalized spacial score (nSPS) is 15.2. The third-order valence-corrected chi connectivity index (χ3v) is 6.24. The molecule has 134 valence electrons. The zero-order valence-electron chi connectivity index (χ0n) is 15.3. The Hall–Kier alpha value is -2.27. The van der Waals surface area contributed by atoms with E-state index in [4.69, 9.17) is 0 Å². The molecule has 2 heterocycles. The number of azo groups is 1. The van der Waals surface area contributed by atoms with Gasteiger partial charge in [0.2, 0.25) is 5.88 Å². The minimum absolute atomic E-state index is 0.226. The number of benzene rings is 2. The van der Waals surface area contributed by atoms with E-state index in [1.165, 1.54) is 5.56 Å². The van der Waals surface area contributed by atoms with Crippen molar-refractivity contribution in [2.24, 2.45) is 10.2 Å². The topological polar surface area (TPSA) is 49.9 Å². The van der Waals surface area contributed by atoms with E-state index in [9.17, 15) is 5.11 Å². The molecule has 0 aliphatic carbocycles. The van der Waals surface area contributed by atoms with Gasteiger partial charge >= 0.3 is 0 Å². The molecule has 1 saturated heterocycles. The number of thioether (sulfide) groups is 1. The predicted octanol–water partition coefficient (Wildman–Crippen LogP) is 6.48. The van der Waals surface area contributed by atoms with Crippen molar-refractivity contribution in [1.29, 1.82) is 0 Å². The maximum Gasteiger partial charge on any atom is 0.221 e. The van der Waals surface area contributed by atoms with Crippen LogP contribution < -0.4 is 0 Å². The SMILES string of the molecule is Cc1ccccc1N=Nc1c(O)n(C2CSC2)c2ccc(C(C)C)cc12. The first-order valence-electron chi connectivity index (χ1n) is 8.98. The summed E-state index contributed by atoms with van der Waals surface area (Å²) < 4.78 is 2.03. The fraction of sp³-hybridized carbons (Fsp3) is 0.333. The highest BCUT2D eigenvalue weighted by atomic mass is 32.2. The van der Waals surface area contributed by atoms with E-state index >= 15 is 0 Å². The first kappa shape index (κ1) is 17.2. The van der Waals surface area contributed by atoms with E-state index in [2.05, 4.69) is 42.3 Å². The van der Waals surface area contributed by atoms with Crippen LogP contribution in [0.4, 0.5) is 11.4 Å². The van der Waals surface area contributed by atoms with Crippen LogP contribution >= 0.6 is 11.8 Å². The van der Waals surface area contributed by atoms with E-state index in [1.54, 1.807) is 0 Å². The second kappa shape index (κ2) is 6.80. The first-order valence-corrected chi connectivity index (χ1v) is 10.1. The summed E-state index contributed by atoms with van der Waals surface area (Å²) >= 11 is 1.90. The van der Waals surface area contributed by atoms with Crippen molar-refractivity contribution in [1.82, 2.24) is 4.57 Å². The van der Waals surface area contributed by atoms with Crippen molar-refractivity contribution >= 4 is 34.0 Å². The summed E-state index contributed by atoms with van der Waals surface area (Å²) in [5, 5.41) is 20.8. The van der Waals surface area contributed by atoms with Crippen molar-refractivity contribution in [2.75, 3.05) is 11.5 Å². The molecule has 1 aliphatic heterocycles. The van der Waals surface area contributed by atoms with Crippen LogP contribution in [0.2, 0.25) is 0 Å². The molecule has 2 aromatic carbocycles. The van der Waals surface area contributed by atoms with Gasteiger partial charge in [0, 0.05) is 16.9 Å². The molecule has 0 radical (unpaired) electrons. The molecule has 1 N–H and O–H groups in total. The van der Waals surface area contributed by atoms with Crippen LogP contribution in [-0.4, -0.2) is 21.2 Å². The molecular formula is C21H23N3OS. The van der Waals surface area contributed by atoms with Gasteiger partial charge in [-0.15, -0.1) is 5.11 Å². The minimum Gasteiger partial charge on any atom is -0.493 e. The lowest BCUT2D eigenvalue weighted by molar-refractivity contribution is 0.406. The number of aryl methyl sites for hydroxylation is 1. The Bertz CT molecular complexity index is 986. The molecule has 4 rings (SSSR count). The van der Waals surface area contributed by atoms with Crippen molar-refractivity contribution in [3.8, 4) is 5.88 Å². The highest BCUT2D eigenvalue weighted by Crippen LogP contribution is 2.45. The standard InChI is InChI=1S/C21H23N3OS/c1-13(2)15-8-9-19-17(10-15)20(21(25)24(19)16-11-26-12-16)23-22-18-7-5-4-6-14(18)3/h4-10,13,16,25H,11-12H2,1-3H3. The van der Waals surface area contributed by atoms with Gasteiger partial charge in [-0.3, -0.25) is 0 Å². The van der Waals surface area contributed by atoms with Crippen molar-refractivity contribution in [3.05, 3.63) is 53.6 Å². The van der Waals surface area contributed by atoms with Crippen molar-refractivity contribution < 1.29 is 5.11 Å². The maximum absolute atomic E-state index is 10.9. The van der Waals surface area contributed by atoms with E-state index in [1.807, 2.05) is 47.5 Å². The molecule has 0 spiro atoms. The number of aromatic nitrogens is 1. The number of fused-ring (bicyclic) bond motifs is 1. The molecule has 4 nitrogen and oxygen atoms in total. The van der Waals surface area contributed by atoms with Gasteiger partial charge in [-0.05, 0) is 42.2 Å². The van der Waals surface area contributed by atoms with Gasteiger partial charge in [-0.1, -0.05) is 38.1 Å². The molecule has 3 aromatic rings. The fourth-order valence-electron chi connectivity index (χ4n) is 3.28. The van der Waals surface area contributed by atoms with Crippen molar-refractivity contribution in [2.45, 2.75) is 32.7 Å². The summed E-state index contributed by atoms with van der Waals surface area (Å²) in [4.78, 5) is 0. The average molecular weight is 366 g/mol. The Morgan fingerprint density at radius 2 is 1.88 bits per heavy atom. The quantitative estimate of drug-likeness (QED) is 0.538. The molecule has 0 amide bonds. The predicted molar refractivity (Wildman–Crippen MR) is 109 cm³/mol. The molecule has 5 heteroatoms. The second-order valence-electron chi connectivity index (χ2n) is 7.15. The molecule has 0 unspecified atom stereocenters. The van der Waals surface area contributed by atoms with Crippen LogP contribution in [0, 0.1) is 6.92 Å². The molecular weight excluding hydrogens is 342 g/mol. The zero-order valence-corrected chi connectivity index (χ0v) is 16.1. The number of rotatable bonds is 4. The number of nitrogens with zero attached hydrogens (tertiary/aromatic N) is 3. The smallest absolute Gasteiger partial charge is 0.221 e. The van der Waals surface area contributed by atoms with E-state index in [-0.39, 0.29) is 5.88 Å². The van der Waals surface area contributed by atoms with Gasteiger partial charge in [-0.25, -0.2) is 0 Å². The summed E-state index contributed by atoms with van der Waals surface area (Å²) in [5.74, 6) is 2.70. The summed E-state index contributed by atoms with van der Waals surface area (Å²) in [6.45, 7) is 6.37. The monoisotopic (exact) mass is 365 g/mol. The summed E-state index contributed by atoms with van der Waals surface area (Å²) in [6, 6.07) is 14.6. The molecule has 26 heavy (non-hydrogen) atoms. The highest BCUT2D eigenvalue weighted by Gasteiger charge is 2.27. The third-order valence-electron chi connectivity index (χ3n) is 5.00. The molecule has 1 fully saturated rings. The van der Waals surface area contributed by atoms with Gasteiger partial charge in [0.25, 0.3) is 0 Å². The summed E-state index contributed by atoms with van der Waals surface area (Å²) in [7, 11) is 0. The fourth-order valence-corrected chi connectivity index (χ4v) is 4.03. The number of hydrogen-bond acceptors (Lipinski definition) is 4. The van der Waals surface area contributed by atoms with Crippen LogP contribution in [-0.2, 0) is 0 Å². The zero-order chi connectivity index (χ0) is 18.3. The Morgan fingerprint density at radius 1 is 1.12 bits per heavy atom. The van der Waals surface area contributed by atoms with Crippen LogP contribution in [0.3, 0.4) is 0 Å². The maximum atomic E-state index is 10.9. The Kier molecular flexibility index (Phi) is 4.49. The Balaban J connectivity index is 1.87. The van der Waals surface area contributed by atoms with E-state index < -0.39 is 0 Å². The molecule has 1 aromatic heterocycles. The largest absolute Gasteiger partial charge is 0.493 e. The first-order chi connectivity index (χ1) is 12.6. The minimum atomic E-state index is 0.226. The van der Waals surface area contributed by atoms with Crippen LogP contribution in [0.5, 0.6) is 5.88 Å². The van der Waals surface area contributed by atoms with Crippen molar-refractivity contribution in [3.63, 3.8) is 0 Å². The summed E-state index contributed by atoms with van der Waals surface area (Å²) in [5.41, 5.74) is 4.74. The average Bonchev–Trinajstić information content (AvgIpc) is 2.84. The van der Waals surface area contributed by atoms with Gasteiger partial charge in [0.1, 0.15) is 0 Å². The lowest BCUT2D eigenvalue weighted by Crippen LogP contribution is -2.22. The molecule has 1 aliphatic rings.